The first-order chi connectivity index (χ1) is 12.5. The van der Waals surface area contributed by atoms with E-state index >= 15 is 0 Å². The first-order valence-electron chi connectivity index (χ1n) is 10.5. The van der Waals surface area contributed by atoms with Crippen LogP contribution >= 0.6 is 0 Å². The molecule has 2 aliphatic rings. The molecule has 1 saturated carbocycles. The third-order valence-corrected chi connectivity index (χ3v) is 5.98. The van der Waals surface area contributed by atoms with E-state index in [0.29, 0.717) is 12.1 Å². The van der Waals surface area contributed by atoms with Crippen molar-refractivity contribution in [2.24, 2.45) is 10.9 Å². The summed E-state index contributed by atoms with van der Waals surface area (Å²) in [5.74, 6) is 1.67. The van der Waals surface area contributed by atoms with Gasteiger partial charge in [0.25, 0.3) is 0 Å². The second-order valence-electron chi connectivity index (χ2n) is 8.04. The Morgan fingerprint density at radius 2 is 2.00 bits per heavy atom. The lowest BCUT2D eigenvalue weighted by molar-refractivity contribution is -0.127. The molecule has 2 fully saturated rings. The fourth-order valence-electron chi connectivity index (χ4n) is 4.18. The molecule has 2 N–H and O–H groups in total. The first kappa shape index (κ1) is 21.0. The highest BCUT2D eigenvalue weighted by Gasteiger charge is 2.24. The molecular weight excluding hydrogens is 326 g/mol. The maximum Gasteiger partial charge on any atom is 0.243 e. The summed E-state index contributed by atoms with van der Waals surface area (Å²) in [6, 6.07) is 1.05. The largest absolute Gasteiger partial charge is 0.355 e. The van der Waals surface area contributed by atoms with Crippen molar-refractivity contribution in [3.63, 3.8) is 0 Å². The number of nitrogens with one attached hydrogen (secondary N) is 2. The number of carbonyl (C=O) groups excluding carboxylic acids is 1. The van der Waals surface area contributed by atoms with Gasteiger partial charge in [0, 0.05) is 32.7 Å². The van der Waals surface area contributed by atoms with Gasteiger partial charge >= 0.3 is 0 Å². The molecule has 150 valence electrons. The van der Waals surface area contributed by atoms with Crippen LogP contribution in [0.3, 0.4) is 0 Å². The molecule has 0 bridgehead atoms. The SMILES string of the molecule is CCC1CCCC(NC(=NCC(=O)N(C)C)NCC2CCCN2CC)C1. The molecule has 1 heterocycles. The van der Waals surface area contributed by atoms with E-state index in [1.165, 1.54) is 51.5 Å². The van der Waals surface area contributed by atoms with Gasteiger partial charge in [0.15, 0.2) is 5.96 Å². The first-order valence-corrected chi connectivity index (χ1v) is 10.5. The summed E-state index contributed by atoms with van der Waals surface area (Å²) in [7, 11) is 3.56. The zero-order chi connectivity index (χ0) is 18.9. The van der Waals surface area contributed by atoms with Crippen molar-refractivity contribution in [1.82, 2.24) is 20.4 Å². The third kappa shape index (κ3) is 6.45. The zero-order valence-corrected chi connectivity index (χ0v) is 17.3. The van der Waals surface area contributed by atoms with Crippen molar-refractivity contribution in [3.05, 3.63) is 0 Å². The number of amides is 1. The highest BCUT2D eigenvalue weighted by atomic mass is 16.2. The Morgan fingerprint density at radius 3 is 2.69 bits per heavy atom. The van der Waals surface area contributed by atoms with E-state index in [1.54, 1.807) is 19.0 Å². The van der Waals surface area contributed by atoms with Crippen LogP contribution in [0.4, 0.5) is 0 Å². The normalized spacial score (nSPS) is 27.4. The molecule has 1 aliphatic carbocycles. The van der Waals surface area contributed by atoms with Gasteiger partial charge in [-0.3, -0.25) is 9.69 Å². The summed E-state index contributed by atoms with van der Waals surface area (Å²) in [5.41, 5.74) is 0. The number of nitrogens with zero attached hydrogens (tertiary/aromatic N) is 3. The van der Waals surface area contributed by atoms with Gasteiger partial charge in [0.1, 0.15) is 6.54 Å². The molecule has 6 heteroatoms. The number of rotatable bonds is 7. The number of aliphatic imine (C=N–C) groups is 1. The van der Waals surface area contributed by atoms with E-state index in [-0.39, 0.29) is 12.5 Å². The standard InChI is InChI=1S/C20H39N5O/c1-5-16-9-7-10-17(13-16)23-20(22-15-19(26)24(3)4)21-14-18-11-8-12-25(18)6-2/h16-18H,5-15H2,1-4H3,(H2,21,22,23). The maximum absolute atomic E-state index is 12.0. The number of guanidine groups is 1. The molecule has 1 aliphatic heterocycles. The second-order valence-corrected chi connectivity index (χ2v) is 8.04. The van der Waals surface area contributed by atoms with Crippen molar-refractivity contribution >= 4 is 11.9 Å². The fourth-order valence-corrected chi connectivity index (χ4v) is 4.18. The third-order valence-electron chi connectivity index (χ3n) is 5.98. The van der Waals surface area contributed by atoms with E-state index in [2.05, 4.69) is 34.4 Å². The van der Waals surface area contributed by atoms with Crippen LogP contribution in [-0.2, 0) is 4.79 Å². The fraction of sp³-hybridized carbons (Fsp3) is 0.900. The van der Waals surface area contributed by atoms with Gasteiger partial charge in [0.05, 0.1) is 0 Å². The van der Waals surface area contributed by atoms with Crippen LogP contribution in [0.15, 0.2) is 4.99 Å². The minimum absolute atomic E-state index is 0.0391. The molecule has 0 spiro atoms. The Morgan fingerprint density at radius 1 is 1.19 bits per heavy atom. The number of likely N-dealkylation sites (tertiary alicyclic amines) is 1. The average molecular weight is 366 g/mol. The Bertz CT molecular complexity index is 465. The van der Waals surface area contributed by atoms with Crippen LogP contribution in [0.2, 0.25) is 0 Å². The summed E-state index contributed by atoms with van der Waals surface area (Å²) in [5, 5.41) is 7.15. The molecular formula is C20H39N5O. The van der Waals surface area contributed by atoms with E-state index in [4.69, 9.17) is 0 Å². The monoisotopic (exact) mass is 365 g/mol. The predicted octanol–water partition coefficient (Wildman–Crippen LogP) is 2.06. The highest BCUT2D eigenvalue weighted by Crippen LogP contribution is 2.26. The molecule has 6 nitrogen and oxygen atoms in total. The highest BCUT2D eigenvalue weighted by molar-refractivity contribution is 5.85. The molecule has 0 aromatic heterocycles. The van der Waals surface area contributed by atoms with Crippen molar-refractivity contribution < 1.29 is 4.79 Å². The number of likely N-dealkylation sites (N-methyl/N-ethyl adjacent to an activating group) is 2. The zero-order valence-electron chi connectivity index (χ0n) is 17.3. The van der Waals surface area contributed by atoms with E-state index in [0.717, 1.165) is 25.0 Å². The molecule has 0 radical (unpaired) electrons. The van der Waals surface area contributed by atoms with Gasteiger partial charge in [-0.25, -0.2) is 4.99 Å². The van der Waals surface area contributed by atoms with Crippen LogP contribution in [0.1, 0.15) is 58.8 Å². The van der Waals surface area contributed by atoms with Crippen molar-refractivity contribution in [2.75, 3.05) is 40.3 Å². The van der Waals surface area contributed by atoms with Crippen molar-refractivity contribution in [3.8, 4) is 0 Å². The molecule has 0 aromatic carbocycles. The van der Waals surface area contributed by atoms with Gasteiger partial charge in [-0.1, -0.05) is 33.1 Å². The lowest BCUT2D eigenvalue weighted by atomic mass is 9.84. The maximum atomic E-state index is 12.0. The summed E-state index contributed by atoms with van der Waals surface area (Å²) in [6.45, 7) is 7.92. The Balaban J connectivity index is 1.94. The van der Waals surface area contributed by atoms with Crippen LogP contribution < -0.4 is 10.6 Å². The summed E-state index contributed by atoms with van der Waals surface area (Å²) < 4.78 is 0. The summed E-state index contributed by atoms with van der Waals surface area (Å²) in [6.07, 6.45) is 8.82. The number of hydrogen-bond acceptors (Lipinski definition) is 3. The van der Waals surface area contributed by atoms with Gasteiger partial charge < -0.3 is 15.5 Å². The van der Waals surface area contributed by atoms with Crippen molar-refractivity contribution in [1.29, 1.82) is 0 Å². The van der Waals surface area contributed by atoms with Gasteiger partial charge in [-0.2, -0.15) is 0 Å². The minimum Gasteiger partial charge on any atom is -0.355 e. The number of carbonyl (C=O) groups is 1. The summed E-state index contributed by atoms with van der Waals surface area (Å²) in [4.78, 5) is 20.7. The van der Waals surface area contributed by atoms with Crippen LogP contribution in [0, 0.1) is 5.92 Å². The van der Waals surface area contributed by atoms with Gasteiger partial charge in [0.2, 0.25) is 5.91 Å². The summed E-state index contributed by atoms with van der Waals surface area (Å²) >= 11 is 0. The smallest absolute Gasteiger partial charge is 0.243 e. The molecule has 1 amide bonds. The Kier molecular flexibility index (Phi) is 8.69. The van der Waals surface area contributed by atoms with Crippen LogP contribution in [0.25, 0.3) is 0 Å². The number of hydrogen-bond donors (Lipinski definition) is 2. The predicted molar refractivity (Wildman–Crippen MR) is 108 cm³/mol. The lowest BCUT2D eigenvalue weighted by Crippen LogP contribution is -2.49. The second kappa shape index (κ2) is 10.8. The molecule has 2 rings (SSSR count). The quantitative estimate of drug-likeness (QED) is 0.536. The van der Waals surface area contributed by atoms with E-state index < -0.39 is 0 Å². The minimum atomic E-state index is 0.0391. The molecule has 0 aromatic rings. The topological polar surface area (TPSA) is 60.0 Å². The van der Waals surface area contributed by atoms with E-state index in [9.17, 15) is 4.79 Å². The molecule has 3 atom stereocenters. The van der Waals surface area contributed by atoms with Gasteiger partial charge in [-0.15, -0.1) is 0 Å². The Hall–Kier alpha value is -1.30. The van der Waals surface area contributed by atoms with Crippen LogP contribution in [0.5, 0.6) is 0 Å². The van der Waals surface area contributed by atoms with Gasteiger partial charge in [-0.05, 0) is 44.7 Å². The average Bonchev–Trinajstić information content (AvgIpc) is 3.11. The molecule has 26 heavy (non-hydrogen) atoms. The van der Waals surface area contributed by atoms with Crippen LogP contribution in [-0.4, -0.2) is 74.0 Å². The molecule has 1 saturated heterocycles. The van der Waals surface area contributed by atoms with Crippen molar-refractivity contribution in [2.45, 2.75) is 70.9 Å². The Labute approximate surface area is 159 Å². The lowest BCUT2D eigenvalue weighted by Gasteiger charge is -2.31. The van der Waals surface area contributed by atoms with E-state index in [1.807, 2.05) is 0 Å². The molecule has 3 unspecified atom stereocenters.